The molecular formula is C44H29IN4. The van der Waals surface area contributed by atoms with Crippen molar-refractivity contribution >= 4 is 69.0 Å². The summed E-state index contributed by atoms with van der Waals surface area (Å²) in [5.41, 5.74) is 16.2. The van der Waals surface area contributed by atoms with Gasteiger partial charge in [0.05, 0.1) is 28.3 Å². The van der Waals surface area contributed by atoms with Crippen molar-refractivity contribution in [2.75, 3.05) is 0 Å². The molecule has 2 aliphatic heterocycles. The summed E-state index contributed by atoms with van der Waals surface area (Å²) >= 11 is 2.46. The highest BCUT2D eigenvalue weighted by Crippen LogP contribution is 2.39. The number of halogens is 1. The highest BCUT2D eigenvalue weighted by molar-refractivity contribution is 14.1. The van der Waals surface area contributed by atoms with Gasteiger partial charge in [0, 0.05) is 42.4 Å². The van der Waals surface area contributed by atoms with Crippen LogP contribution < -0.4 is 0 Å². The lowest BCUT2D eigenvalue weighted by Gasteiger charge is -2.07. The van der Waals surface area contributed by atoms with E-state index in [4.69, 9.17) is 9.97 Å². The first kappa shape index (κ1) is 29.4. The van der Waals surface area contributed by atoms with Crippen molar-refractivity contribution in [2.45, 2.75) is 0 Å². The fourth-order valence-electron chi connectivity index (χ4n) is 6.88. The molecule has 4 aromatic carbocycles. The van der Waals surface area contributed by atoms with Crippen molar-refractivity contribution in [3.63, 3.8) is 0 Å². The molecule has 5 heteroatoms. The summed E-state index contributed by atoms with van der Waals surface area (Å²) < 4.78 is 1.11. The summed E-state index contributed by atoms with van der Waals surface area (Å²) in [6, 6.07) is 48.7. The minimum absolute atomic E-state index is 0.906. The Morgan fingerprint density at radius 3 is 1.12 bits per heavy atom. The first-order valence-electron chi connectivity index (χ1n) is 16.3. The third kappa shape index (κ3) is 5.32. The molecule has 2 N–H and O–H groups in total. The van der Waals surface area contributed by atoms with Crippen LogP contribution in [0.5, 0.6) is 0 Å². The van der Waals surface area contributed by atoms with Crippen LogP contribution in [0.15, 0.2) is 140 Å². The van der Waals surface area contributed by atoms with Crippen LogP contribution in [0.2, 0.25) is 0 Å². The van der Waals surface area contributed by atoms with E-state index < -0.39 is 0 Å². The highest BCUT2D eigenvalue weighted by Gasteiger charge is 2.19. The molecule has 0 aliphatic carbocycles. The van der Waals surface area contributed by atoms with Crippen LogP contribution in [0, 0.1) is 3.57 Å². The summed E-state index contributed by atoms with van der Waals surface area (Å²) in [5.74, 6) is 0. The zero-order chi connectivity index (χ0) is 32.7. The SMILES string of the molecule is Ic1cc2[nH]c1c(-c1ccccc1)c1nc(c(-c3ccccc3)c3ccc([nH]3)c(-c3ccccc3)c3nc(c2-c2ccccc2)C=C3)C=C1. The number of nitrogens with one attached hydrogen (secondary N) is 2. The van der Waals surface area contributed by atoms with Crippen LogP contribution in [-0.2, 0) is 0 Å². The molecule has 2 aliphatic rings. The predicted molar refractivity (Wildman–Crippen MR) is 213 cm³/mol. The number of fused-ring (bicyclic) bond motifs is 8. The van der Waals surface area contributed by atoms with Gasteiger partial charge in [0.25, 0.3) is 0 Å². The Morgan fingerprint density at radius 1 is 0.367 bits per heavy atom. The number of hydrogen-bond donors (Lipinski definition) is 2. The molecule has 0 radical (unpaired) electrons. The van der Waals surface area contributed by atoms with Crippen LogP contribution in [-0.4, -0.2) is 19.9 Å². The van der Waals surface area contributed by atoms with Gasteiger partial charge in [0.15, 0.2) is 0 Å². The molecule has 0 spiro atoms. The molecule has 0 fully saturated rings. The second kappa shape index (κ2) is 12.3. The molecule has 7 aromatic rings. The standard InChI is InChI=1S/C44H29IN4/c45-32-27-39-42(30-17-9-3-10-18-30)37-24-23-35(47-37)40(28-13-5-1-6-14-28)33-21-22-34(46-33)41(29-15-7-2-8-16-29)36-25-26-38(48-36)43(44(32)49-39)31-19-11-4-12-20-31/h1-27,46,49H. The lowest BCUT2D eigenvalue weighted by Crippen LogP contribution is -1.89. The smallest absolute Gasteiger partial charge is 0.0737 e. The minimum Gasteiger partial charge on any atom is -0.354 e. The molecule has 0 unspecified atom stereocenters. The minimum atomic E-state index is 0.906. The Labute approximate surface area is 297 Å². The van der Waals surface area contributed by atoms with Crippen molar-refractivity contribution in [3.05, 3.63) is 166 Å². The first-order valence-corrected chi connectivity index (χ1v) is 17.4. The second-order valence-corrected chi connectivity index (χ2v) is 13.2. The monoisotopic (exact) mass is 740 g/mol. The summed E-state index contributed by atoms with van der Waals surface area (Å²) in [6.07, 6.45) is 8.57. The topological polar surface area (TPSA) is 57.4 Å². The maximum atomic E-state index is 5.39. The van der Waals surface area contributed by atoms with Gasteiger partial charge in [-0.15, -0.1) is 0 Å². The average Bonchev–Trinajstić information content (AvgIpc) is 3.98. The van der Waals surface area contributed by atoms with Crippen molar-refractivity contribution in [3.8, 4) is 44.5 Å². The van der Waals surface area contributed by atoms with Crippen LogP contribution in [0.25, 0.3) is 90.9 Å². The van der Waals surface area contributed by atoms with E-state index in [1.807, 2.05) is 0 Å². The first-order chi connectivity index (χ1) is 24.2. The van der Waals surface area contributed by atoms with Crippen molar-refractivity contribution in [2.24, 2.45) is 0 Å². The maximum absolute atomic E-state index is 5.39. The molecule has 4 nitrogen and oxygen atoms in total. The largest absolute Gasteiger partial charge is 0.354 e. The molecule has 3 aromatic heterocycles. The van der Waals surface area contributed by atoms with Gasteiger partial charge in [-0.3, -0.25) is 0 Å². The number of aromatic amines is 2. The van der Waals surface area contributed by atoms with Crippen LogP contribution >= 0.6 is 22.6 Å². The van der Waals surface area contributed by atoms with E-state index in [0.717, 1.165) is 92.9 Å². The van der Waals surface area contributed by atoms with Gasteiger partial charge in [0.1, 0.15) is 0 Å². The highest BCUT2D eigenvalue weighted by atomic mass is 127. The Kier molecular flexibility index (Phi) is 7.39. The molecule has 49 heavy (non-hydrogen) atoms. The summed E-state index contributed by atoms with van der Waals surface area (Å²) in [7, 11) is 0. The van der Waals surface area contributed by atoms with E-state index >= 15 is 0 Å². The molecular weight excluding hydrogens is 711 g/mol. The summed E-state index contributed by atoms with van der Waals surface area (Å²) in [6.45, 7) is 0. The van der Waals surface area contributed by atoms with Gasteiger partial charge in [-0.1, -0.05) is 121 Å². The van der Waals surface area contributed by atoms with Gasteiger partial charge in [-0.2, -0.15) is 0 Å². The zero-order valence-electron chi connectivity index (χ0n) is 26.4. The number of rotatable bonds is 4. The van der Waals surface area contributed by atoms with Gasteiger partial charge in [-0.05, 0) is 87.3 Å². The quantitative estimate of drug-likeness (QED) is 0.177. The van der Waals surface area contributed by atoms with E-state index in [1.54, 1.807) is 0 Å². The predicted octanol–water partition coefficient (Wildman–Crippen LogP) is 11.9. The van der Waals surface area contributed by atoms with E-state index in [9.17, 15) is 0 Å². The number of hydrogen-bond acceptors (Lipinski definition) is 2. The van der Waals surface area contributed by atoms with Gasteiger partial charge < -0.3 is 9.97 Å². The third-order valence-corrected chi connectivity index (χ3v) is 9.92. The van der Waals surface area contributed by atoms with Gasteiger partial charge >= 0.3 is 0 Å². The van der Waals surface area contributed by atoms with E-state index in [1.165, 1.54) is 0 Å². The second-order valence-electron chi connectivity index (χ2n) is 12.1. The lowest BCUT2D eigenvalue weighted by molar-refractivity contribution is 1.31. The zero-order valence-corrected chi connectivity index (χ0v) is 28.5. The van der Waals surface area contributed by atoms with E-state index in [0.29, 0.717) is 0 Å². The van der Waals surface area contributed by atoms with Crippen LogP contribution in [0.4, 0.5) is 0 Å². The Bertz CT molecular complexity index is 2580. The van der Waals surface area contributed by atoms with E-state index in [-0.39, 0.29) is 0 Å². The summed E-state index contributed by atoms with van der Waals surface area (Å²) in [5, 5.41) is 0. The number of H-pyrrole nitrogens is 2. The van der Waals surface area contributed by atoms with Crippen LogP contribution in [0.1, 0.15) is 22.8 Å². The van der Waals surface area contributed by atoms with Gasteiger partial charge in [0.2, 0.25) is 0 Å². The van der Waals surface area contributed by atoms with Crippen molar-refractivity contribution in [1.29, 1.82) is 0 Å². The molecule has 0 saturated heterocycles. The molecule has 232 valence electrons. The normalized spacial score (nSPS) is 12.0. The molecule has 9 rings (SSSR count). The maximum Gasteiger partial charge on any atom is 0.0737 e. The van der Waals surface area contributed by atoms with Crippen LogP contribution in [0.3, 0.4) is 0 Å². The third-order valence-electron chi connectivity index (χ3n) is 9.07. The molecule has 5 heterocycles. The number of benzene rings is 4. The lowest BCUT2D eigenvalue weighted by atomic mass is 10.0. The number of nitrogens with zero attached hydrogens (tertiary/aromatic N) is 2. The van der Waals surface area contributed by atoms with Crippen molar-refractivity contribution < 1.29 is 0 Å². The Hall–Kier alpha value is -5.79. The fraction of sp³-hybridized carbons (Fsp3) is 0. The fourth-order valence-corrected chi connectivity index (χ4v) is 7.59. The Balaban J connectivity index is 1.51. The van der Waals surface area contributed by atoms with Gasteiger partial charge in [-0.25, -0.2) is 9.97 Å². The molecule has 0 amide bonds. The van der Waals surface area contributed by atoms with E-state index in [2.05, 4.69) is 196 Å². The summed E-state index contributed by atoms with van der Waals surface area (Å²) in [4.78, 5) is 18.4. The number of aromatic nitrogens is 4. The van der Waals surface area contributed by atoms with Crippen molar-refractivity contribution in [1.82, 2.24) is 19.9 Å². The molecule has 0 atom stereocenters. The average molecular weight is 741 g/mol. The molecule has 8 bridgehead atoms. The Morgan fingerprint density at radius 2 is 0.714 bits per heavy atom. The molecule has 0 saturated carbocycles.